The van der Waals surface area contributed by atoms with Crippen molar-refractivity contribution in [3.05, 3.63) is 0 Å². The highest BCUT2D eigenvalue weighted by atomic mass is 16.6. The Hall–Kier alpha value is -1.10. The van der Waals surface area contributed by atoms with E-state index in [2.05, 4.69) is 27.7 Å². The molecule has 34 heavy (non-hydrogen) atoms. The van der Waals surface area contributed by atoms with Crippen molar-refractivity contribution in [3.63, 3.8) is 0 Å². The highest BCUT2D eigenvalue weighted by Gasteiger charge is 2.69. The minimum absolute atomic E-state index is 0.122. The molecule has 4 aliphatic carbocycles. The summed E-state index contributed by atoms with van der Waals surface area (Å²) in [6, 6.07) is 0. The molecule has 8 atom stereocenters. The number of hydrogen-bond acceptors (Lipinski definition) is 5. The molecule has 5 heteroatoms. The smallest absolute Gasteiger partial charge is 0.310 e. The number of carbonyl (C=O) groups is 2. The van der Waals surface area contributed by atoms with Crippen LogP contribution < -0.4 is 0 Å². The van der Waals surface area contributed by atoms with Gasteiger partial charge in [0.05, 0.1) is 24.0 Å². The van der Waals surface area contributed by atoms with Crippen LogP contribution >= 0.6 is 0 Å². The molecule has 0 aromatic heterocycles. The van der Waals surface area contributed by atoms with Gasteiger partial charge in [-0.25, -0.2) is 0 Å². The summed E-state index contributed by atoms with van der Waals surface area (Å²) in [5.74, 6) is 0.115. The third-order valence-electron chi connectivity index (χ3n) is 10.8. The summed E-state index contributed by atoms with van der Waals surface area (Å²) >= 11 is 0. The lowest BCUT2D eigenvalue weighted by Crippen LogP contribution is -2.48. The van der Waals surface area contributed by atoms with Crippen molar-refractivity contribution < 1.29 is 23.8 Å². The molecule has 4 saturated carbocycles. The fourth-order valence-electron chi connectivity index (χ4n) is 8.99. The second-order valence-corrected chi connectivity index (χ2v) is 12.1. The number of ether oxygens (including phenoxy) is 3. The van der Waals surface area contributed by atoms with Gasteiger partial charge in [-0.05, 0) is 107 Å². The fourth-order valence-corrected chi connectivity index (χ4v) is 8.99. The van der Waals surface area contributed by atoms with Gasteiger partial charge < -0.3 is 14.2 Å². The molecule has 192 valence electrons. The Bertz CT molecular complexity index is 702. The monoisotopic (exact) mass is 474 g/mol. The minimum Gasteiger partial charge on any atom is -0.459 e. The highest BCUT2D eigenvalue weighted by Crippen LogP contribution is 2.65. The number of carbonyl (C=O) groups excluding carboxylic acids is 2. The lowest BCUT2D eigenvalue weighted by Gasteiger charge is -2.40. The largest absolute Gasteiger partial charge is 0.459 e. The van der Waals surface area contributed by atoms with Crippen molar-refractivity contribution in [2.45, 2.75) is 135 Å². The summed E-state index contributed by atoms with van der Waals surface area (Å²) < 4.78 is 19.2. The van der Waals surface area contributed by atoms with E-state index in [0.29, 0.717) is 11.8 Å². The molecular weight excluding hydrogens is 428 g/mol. The van der Waals surface area contributed by atoms with Gasteiger partial charge in [-0.15, -0.1) is 0 Å². The Morgan fingerprint density at radius 3 is 1.41 bits per heavy atom. The van der Waals surface area contributed by atoms with E-state index in [-0.39, 0.29) is 59.0 Å². The number of rotatable bonds is 8. The van der Waals surface area contributed by atoms with Crippen molar-refractivity contribution in [2.24, 2.45) is 35.5 Å². The van der Waals surface area contributed by atoms with Gasteiger partial charge in [0.15, 0.2) is 0 Å². The Morgan fingerprint density at radius 2 is 1.09 bits per heavy atom. The maximum absolute atomic E-state index is 13.9. The number of fused-ring (bicyclic) bond motifs is 5. The third kappa shape index (κ3) is 3.83. The molecule has 0 amide bonds. The summed E-state index contributed by atoms with van der Waals surface area (Å²) in [4.78, 5) is 27.8. The second kappa shape index (κ2) is 9.41. The molecule has 0 aromatic rings. The van der Waals surface area contributed by atoms with E-state index < -0.39 is 0 Å². The summed E-state index contributed by atoms with van der Waals surface area (Å²) in [5, 5.41) is 0. The zero-order valence-corrected chi connectivity index (χ0v) is 21.9. The summed E-state index contributed by atoms with van der Waals surface area (Å²) in [6.07, 6.45) is 13.3. The molecule has 8 unspecified atom stereocenters. The molecule has 1 aliphatic heterocycles. The zero-order valence-electron chi connectivity index (χ0n) is 21.9. The molecule has 2 bridgehead atoms. The van der Waals surface area contributed by atoms with E-state index in [1.807, 2.05) is 0 Å². The topological polar surface area (TPSA) is 61.8 Å². The van der Waals surface area contributed by atoms with Gasteiger partial charge in [0.1, 0.15) is 11.2 Å². The van der Waals surface area contributed by atoms with E-state index in [1.165, 1.54) is 0 Å². The normalized spacial score (nSPS) is 41.5. The van der Waals surface area contributed by atoms with Gasteiger partial charge in [0.25, 0.3) is 0 Å². The molecule has 1 heterocycles. The first-order chi connectivity index (χ1) is 16.4. The molecule has 5 aliphatic rings. The van der Waals surface area contributed by atoms with E-state index in [0.717, 1.165) is 83.5 Å². The SMILES string of the molecule is CCC1OC(CC)C2C3CC(C(C(=O)OC4(CC)CCCC4)C3C(=O)OC3(CC)CCCC3)C12. The van der Waals surface area contributed by atoms with Crippen LogP contribution in [0.15, 0.2) is 0 Å². The maximum atomic E-state index is 13.9. The van der Waals surface area contributed by atoms with E-state index in [1.54, 1.807) is 0 Å². The van der Waals surface area contributed by atoms with Crippen molar-refractivity contribution >= 4 is 11.9 Å². The molecule has 0 radical (unpaired) electrons. The van der Waals surface area contributed by atoms with Crippen molar-refractivity contribution in [1.82, 2.24) is 0 Å². The van der Waals surface area contributed by atoms with Gasteiger partial charge in [0.2, 0.25) is 0 Å². The van der Waals surface area contributed by atoms with Crippen molar-refractivity contribution in [3.8, 4) is 0 Å². The molecule has 0 spiro atoms. The lowest BCUT2D eigenvalue weighted by atomic mass is 9.65. The summed E-state index contributed by atoms with van der Waals surface area (Å²) in [5.41, 5.74) is -0.656. The van der Waals surface area contributed by atoms with Gasteiger partial charge >= 0.3 is 11.9 Å². The van der Waals surface area contributed by atoms with Crippen LogP contribution in [0.25, 0.3) is 0 Å². The summed E-state index contributed by atoms with van der Waals surface area (Å²) in [6.45, 7) is 8.66. The molecule has 0 aromatic carbocycles. The van der Waals surface area contributed by atoms with Crippen LogP contribution in [0.2, 0.25) is 0 Å². The average molecular weight is 475 g/mol. The van der Waals surface area contributed by atoms with Gasteiger partial charge in [0, 0.05) is 0 Å². The minimum atomic E-state index is -0.369. The Balaban J connectivity index is 1.44. The van der Waals surface area contributed by atoms with Crippen LogP contribution in [-0.2, 0) is 23.8 Å². The van der Waals surface area contributed by atoms with Gasteiger partial charge in [-0.3, -0.25) is 9.59 Å². The average Bonchev–Trinajstić information content (AvgIpc) is 3.65. The van der Waals surface area contributed by atoms with Crippen LogP contribution in [0.5, 0.6) is 0 Å². The van der Waals surface area contributed by atoms with E-state index >= 15 is 0 Å². The van der Waals surface area contributed by atoms with Crippen LogP contribution in [0.3, 0.4) is 0 Å². The van der Waals surface area contributed by atoms with Crippen molar-refractivity contribution in [1.29, 1.82) is 0 Å². The molecule has 5 nitrogen and oxygen atoms in total. The fraction of sp³-hybridized carbons (Fsp3) is 0.931. The molecule has 5 fully saturated rings. The molecule has 0 N–H and O–H groups in total. The molecular formula is C29H46O5. The lowest BCUT2D eigenvalue weighted by molar-refractivity contribution is -0.183. The van der Waals surface area contributed by atoms with Crippen LogP contribution in [0.4, 0.5) is 0 Å². The third-order valence-corrected chi connectivity index (χ3v) is 10.8. The molecule has 5 rings (SSSR count). The second-order valence-electron chi connectivity index (χ2n) is 12.1. The maximum Gasteiger partial charge on any atom is 0.310 e. The zero-order chi connectivity index (χ0) is 24.1. The Kier molecular flexibility index (Phi) is 6.80. The Labute approximate surface area is 206 Å². The quantitative estimate of drug-likeness (QED) is 0.391. The van der Waals surface area contributed by atoms with Crippen LogP contribution in [0, 0.1) is 35.5 Å². The highest BCUT2D eigenvalue weighted by molar-refractivity contribution is 5.84. The predicted molar refractivity (Wildman–Crippen MR) is 130 cm³/mol. The van der Waals surface area contributed by atoms with Gasteiger partial charge in [-0.2, -0.15) is 0 Å². The van der Waals surface area contributed by atoms with Gasteiger partial charge in [-0.1, -0.05) is 27.7 Å². The Morgan fingerprint density at radius 1 is 0.706 bits per heavy atom. The van der Waals surface area contributed by atoms with Crippen LogP contribution in [-0.4, -0.2) is 35.3 Å². The standard InChI is InChI=1S/C29H46O5/c1-5-20-22-18-17-19(23(22)21(6-2)32-20)25(27(31)34-29(8-4)15-11-12-16-29)24(18)26(30)33-28(7-3)13-9-10-14-28/h18-25H,5-17H2,1-4H3. The predicted octanol–water partition coefficient (Wildman–Crippen LogP) is 6.22. The van der Waals surface area contributed by atoms with Crippen LogP contribution in [0.1, 0.15) is 111 Å². The number of hydrogen-bond donors (Lipinski definition) is 0. The number of esters is 2. The van der Waals surface area contributed by atoms with E-state index in [4.69, 9.17) is 14.2 Å². The first kappa shape index (κ1) is 24.6. The first-order valence-corrected chi connectivity index (χ1v) is 14.5. The molecule has 1 saturated heterocycles. The first-order valence-electron chi connectivity index (χ1n) is 14.5. The van der Waals surface area contributed by atoms with Crippen molar-refractivity contribution in [2.75, 3.05) is 0 Å². The van der Waals surface area contributed by atoms with E-state index in [9.17, 15) is 9.59 Å². The summed E-state index contributed by atoms with van der Waals surface area (Å²) in [7, 11) is 0.